The van der Waals surface area contributed by atoms with Gasteiger partial charge in [-0.15, -0.1) is 0 Å². The van der Waals surface area contributed by atoms with Crippen molar-refractivity contribution in [3.8, 4) is 0 Å². The summed E-state index contributed by atoms with van der Waals surface area (Å²) in [5, 5.41) is 12.1. The molecule has 0 heterocycles. The smallest absolute Gasteiger partial charge is 0.307 e. The first kappa shape index (κ1) is 14.0. The second-order valence-corrected chi connectivity index (χ2v) is 5.11. The fourth-order valence-electron chi connectivity index (χ4n) is 2.49. The maximum atomic E-state index is 12.0. The molecule has 1 rings (SSSR count). The molecular formula is C13H23NO3. The number of carboxylic acids is 1. The summed E-state index contributed by atoms with van der Waals surface area (Å²) in [5.74, 6) is -1.37. The number of rotatable bonds is 5. The molecule has 1 aliphatic carbocycles. The summed E-state index contributed by atoms with van der Waals surface area (Å²) in [7, 11) is 0. The van der Waals surface area contributed by atoms with Crippen LogP contribution in [0.1, 0.15) is 46.5 Å². The van der Waals surface area contributed by atoms with Gasteiger partial charge in [0.05, 0.1) is 11.8 Å². The Balaban J connectivity index is 2.66. The lowest BCUT2D eigenvalue weighted by molar-refractivity contribution is -0.146. The molecule has 4 heteroatoms. The van der Waals surface area contributed by atoms with Gasteiger partial charge >= 0.3 is 5.97 Å². The van der Waals surface area contributed by atoms with Crippen LogP contribution in [-0.4, -0.2) is 23.0 Å². The van der Waals surface area contributed by atoms with E-state index in [1.165, 1.54) is 0 Å². The first-order valence-electron chi connectivity index (χ1n) is 6.52. The lowest BCUT2D eigenvalue weighted by atomic mass is 9.95. The molecule has 0 saturated heterocycles. The Bertz CT molecular complexity index is 290. The summed E-state index contributed by atoms with van der Waals surface area (Å²) in [6, 6.07) is 0.123. The third-order valence-electron chi connectivity index (χ3n) is 3.89. The van der Waals surface area contributed by atoms with Crippen LogP contribution < -0.4 is 5.32 Å². The molecule has 2 N–H and O–H groups in total. The first-order chi connectivity index (χ1) is 7.99. The van der Waals surface area contributed by atoms with E-state index in [0.29, 0.717) is 12.3 Å². The van der Waals surface area contributed by atoms with Crippen molar-refractivity contribution in [2.75, 3.05) is 0 Å². The molecular weight excluding hydrogens is 218 g/mol. The van der Waals surface area contributed by atoms with E-state index < -0.39 is 11.9 Å². The predicted octanol–water partition coefficient (Wildman–Crippen LogP) is 2.04. The van der Waals surface area contributed by atoms with Crippen LogP contribution in [0.15, 0.2) is 0 Å². The van der Waals surface area contributed by atoms with Gasteiger partial charge in [-0.05, 0) is 32.1 Å². The van der Waals surface area contributed by atoms with E-state index in [0.717, 1.165) is 19.3 Å². The van der Waals surface area contributed by atoms with E-state index in [1.54, 1.807) is 0 Å². The van der Waals surface area contributed by atoms with Gasteiger partial charge < -0.3 is 10.4 Å². The number of hydrogen-bond acceptors (Lipinski definition) is 2. The van der Waals surface area contributed by atoms with Gasteiger partial charge in [0.25, 0.3) is 0 Å². The molecule has 1 amide bonds. The van der Waals surface area contributed by atoms with Crippen molar-refractivity contribution in [3.05, 3.63) is 0 Å². The third kappa shape index (κ3) is 3.45. The molecule has 17 heavy (non-hydrogen) atoms. The van der Waals surface area contributed by atoms with Crippen molar-refractivity contribution in [1.29, 1.82) is 0 Å². The second-order valence-electron chi connectivity index (χ2n) is 5.11. The van der Waals surface area contributed by atoms with Gasteiger partial charge in [-0.25, -0.2) is 0 Å². The van der Waals surface area contributed by atoms with Crippen molar-refractivity contribution < 1.29 is 14.7 Å². The summed E-state index contributed by atoms with van der Waals surface area (Å²) in [4.78, 5) is 23.2. The standard InChI is InChI=1S/C13H23NO3/c1-4-8(3)14-12(15)10-6-9(5-2)7-11(10)13(16)17/h8-11H,4-7H2,1-3H3,(H,14,15)(H,16,17). The van der Waals surface area contributed by atoms with E-state index in [-0.39, 0.29) is 17.9 Å². The minimum atomic E-state index is -0.828. The normalized spacial score (nSPS) is 29.9. The zero-order valence-electron chi connectivity index (χ0n) is 10.9. The molecule has 0 aromatic carbocycles. The quantitative estimate of drug-likeness (QED) is 0.774. The van der Waals surface area contributed by atoms with Crippen LogP contribution in [-0.2, 0) is 9.59 Å². The van der Waals surface area contributed by atoms with E-state index in [2.05, 4.69) is 12.2 Å². The molecule has 0 aromatic heterocycles. The highest BCUT2D eigenvalue weighted by Gasteiger charge is 2.42. The van der Waals surface area contributed by atoms with Crippen LogP contribution in [0.3, 0.4) is 0 Å². The molecule has 4 nitrogen and oxygen atoms in total. The van der Waals surface area contributed by atoms with Crippen LogP contribution in [0, 0.1) is 17.8 Å². The van der Waals surface area contributed by atoms with E-state index in [9.17, 15) is 9.59 Å². The maximum Gasteiger partial charge on any atom is 0.307 e. The van der Waals surface area contributed by atoms with Crippen molar-refractivity contribution in [3.63, 3.8) is 0 Å². The van der Waals surface area contributed by atoms with Gasteiger partial charge in [0.1, 0.15) is 0 Å². The Morgan fingerprint density at radius 1 is 1.29 bits per heavy atom. The van der Waals surface area contributed by atoms with Gasteiger partial charge in [0, 0.05) is 6.04 Å². The van der Waals surface area contributed by atoms with E-state index in [1.807, 2.05) is 13.8 Å². The minimum absolute atomic E-state index is 0.0808. The highest BCUT2D eigenvalue weighted by Crippen LogP contribution is 2.38. The van der Waals surface area contributed by atoms with Crippen molar-refractivity contribution >= 4 is 11.9 Å². The molecule has 98 valence electrons. The topological polar surface area (TPSA) is 66.4 Å². The van der Waals surface area contributed by atoms with Crippen LogP contribution >= 0.6 is 0 Å². The summed E-state index contributed by atoms with van der Waals surface area (Å²) in [5.41, 5.74) is 0. The lowest BCUT2D eigenvalue weighted by Gasteiger charge is -2.18. The molecule has 0 radical (unpaired) electrons. The Morgan fingerprint density at radius 3 is 2.35 bits per heavy atom. The molecule has 1 saturated carbocycles. The average molecular weight is 241 g/mol. The fourth-order valence-corrected chi connectivity index (χ4v) is 2.49. The Kier molecular flexibility index (Phi) is 4.97. The second kappa shape index (κ2) is 6.03. The third-order valence-corrected chi connectivity index (χ3v) is 3.89. The highest BCUT2D eigenvalue weighted by atomic mass is 16.4. The van der Waals surface area contributed by atoms with E-state index >= 15 is 0 Å². The highest BCUT2D eigenvalue weighted by molar-refractivity contribution is 5.85. The molecule has 1 aliphatic rings. The Labute approximate surface area is 103 Å². The monoisotopic (exact) mass is 241 g/mol. The maximum absolute atomic E-state index is 12.0. The lowest BCUT2D eigenvalue weighted by Crippen LogP contribution is -2.39. The molecule has 0 spiro atoms. The molecule has 0 aliphatic heterocycles. The van der Waals surface area contributed by atoms with Crippen LogP contribution in [0.4, 0.5) is 0 Å². The van der Waals surface area contributed by atoms with Crippen molar-refractivity contribution in [2.45, 2.75) is 52.5 Å². The number of nitrogens with one attached hydrogen (secondary N) is 1. The zero-order valence-corrected chi connectivity index (χ0v) is 10.9. The van der Waals surface area contributed by atoms with Gasteiger partial charge in [0.2, 0.25) is 5.91 Å². The Morgan fingerprint density at radius 2 is 1.88 bits per heavy atom. The number of aliphatic carboxylic acids is 1. The predicted molar refractivity (Wildman–Crippen MR) is 65.5 cm³/mol. The number of carboxylic acid groups (broad SMARTS) is 1. The largest absolute Gasteiger partial charge is 0.481 e. The van der Waals surface area contributed by atoms with Gasteiger partial charge in [-0.1, -0.05) is 20.3 Å². The van der Waals surface area contributed by atoms with Gasteiger partial charge in [-0.2, -0.15) is 0 Å². The van der Waals surface area contributed by atoms with Gasteiger partial charge in [-0.3, -0.25) is 9.59 Å². The van der Waals surface area contributed by atoms with E-state index in [4.69, 9.17) is 5.11 Å². The fraction of sp³-hybridized carbons (Fsp3) is 0.846. The van der Waals surface area contributed by atoms with Crippen LogP contribution in [0.2, 0.25) is 0 Å². The SMILES string of the molecule is CCC1CC(C(=O)O)C(C(=O)NC(C)CC)C1. The first-order valence-corrected chi connectivity index (χ1v) is 6.52. The number of amides is 1. The average Bonchev–Trinajstić information content (AvgIpc) is 2.72. The van der Waals surface area contributed by atoms with Crippen LogP contribution in [0.25, 0.3) is 0 Å². The molecule has 0 bridgehead atoms. The molecule has 0 aromatic rings. The summed E-state index contributed by atoms with van der Waals surface area (Å²) >= 11 is 0. The number of carbonyl (C=O) groups excluding carboxylic acids is 1. The number of hydrogen-bond donors (Lipinski definition) is 2. The molecule has 4 atom stereocenters. The molecule has 1 fully saturated rings. The van der Waals surface area contributed by atoms with Gasteiger partial charge in [0.15, 0.2) is 0 Å². The number of carbonyl (C=O) groups is 2. The minimum Gasteiger partial charge on any atom is -0.481 e. The van der Waals surface area contributed by atoms with Crippen LogP contribution in [0.5, 0.6) is 0 Å². The summed E-state index contributed by atoms with van der Waals surface area (Å²) < 4.78 is 0. The summed E-state index contributed by atoms with van der Waals surface area (Å²) in [6.45, 7) is 6.00. The zero-order chi connectivity index (χ0) is 13.0. The van der Waals surface area contributed by atoms with Crippen molar-refractivity contribution in [2.24, 2.45) is 17.8 Å². The molecule has 4 unspecified atom stereocenters. The van der Waals surface area contributed by atoms with Crippen molar-refractivity contribution in [1.82, 2.24) is 5.32 Å². The summed E-state index contributed by atoms with van der Waals surface area (Å²) in [6.07, 6.45) is 3.18. The Hall–Kier alpha value is -1.06.